The Balaban J connectivity index is 1.61. The van der Waals surface area contributed by atoms with E-state index in [1.165, 1.54) is 44.3 Å². The van der Waals surface area contributed by atoms with Crippen molar-refractivity contribution in [3.8, 4) is 0 Å². The van der Waals surface area contributed by atoms with Crippen LogP contribution in [-0.2, 0) is 0 Å². The van der Waals surface area contributed by atoms with E-state index < -0.39 is 17.8 Å². The van der Waals surface area contributed by atoms with E-state index in [4.69, 9.17) is 0 Å². The van der Waals surface area contributed by atoms with Crippen LogP contribution >= 0.6 is 11.8 Å². The molecule has 0 amide bonds. The molecule has 3 aliphatic carbocycles. The number of rotatable bonds is 8. The molecular formula is C28H46O3S. The van der Waals surface area contributed by atoms with E-state index in [9.17, 15) is 15.3 Å². The predicted molar refractivity (Wildman–Crippen MR) is 137 cm³/mol. The van der Waals surface area contributed by atoms with E-state index in [0.717, 1.165) is 29.9 Å². The van der Waals surface area contributed by atoms with Gasteiger partial charge in [-0.25, -0.2) is 0 Å². The van der Waals surface area contributed by atoms with Crippen LogP contribution in [0.15, 0.2) is 35.5 Å². The molecule has 0 radical (unpaired) electrons. The number of hydrogen-bond donors (Lipinski definition) is 3. The third-order valence-electron chi connectivity index (χ3n) is 8.43. The Morgan fingerprint density at radius 2 is 1.97 bits per heavy atom. The van der Waals surface area contributed by atoms with Crippen LogP contribution in [0.25, 0.3) is 0 Å². The first-order valence-electron chi connectivity index (χ1n) is 12.8. The van der Waals surface area contributed by atoms with Gasteiger partial charge in [-0.2, -0.15) is 11.8 Å². The summed E-state index contributed by atoms with van der Waals surface area (Å²) in [5.74, 6) is 2.61. The van der Waals surface area contributed by atoms with Crippen molar-refractivity contribution in [2.24, 2.45) is 17.3 Å². The van der Waals surface area contributed by atoms with Gasteiger partial charge in [0, 0.05) is 11.7 Å². The molecule has 0 aliphatic heterocycles. The summed E-state index contributed by atoms with van der Waals surface area (Å²) in [6, 6.07) is 0. The summed E-state index contributed by atoms with van der Waals surface area (Å²) in [7, 11) is 0. The fourth-order valence-corrected chi connectivity index (χ4v) is 7.98. The molecule has 0 aromatic heterocycles. The summed E-state index contributed by atoms with van der Waals surface area (Å²) < 4.78 is 0. The number of unbranched alkanes of at least 4 members (excludes halogenated alkanes) is 1. The lowest BCUT2D eigenvalue weighted by Gasteiger charge is -2.44. The van der Waals surface area contributed by atoms with Gasteiger partial charge in [-0.05, 0) is 106 Å². The molecule has 3 rings (SSSR count). The standard InChI is InChI=1S/C28H46O3S/c1-19-22(17-23(29)18-26(19)30)11-10-21-9-8-15-28(5)24(12-13-25(21)28)20(2)32-16-7-6-14-27(3,4)31/h10-11,20,23-26,29-31H,1,6-9,12-18H2,2-5H3/b21-10+,22-11+/t20-,23-,24-,25+,26+,28-/m1/s1. The van der Waals surface area contributed by atoms with Gasteiger partial charge in [-0.3, -0.25) is 0 Å². The Kier molecular flexibility index (Phi) is 8.80. The predicted octanol–water partition coefficient (Wildman–Crippen LogP) is 6.19. The van der Waals surface area contributed by atoms with Crippen LogP contribution in [0.3, 0.4) is 0 Å². The lowest BCUT2D eigenvalue weighted by Crippen LogP contribution is -2.37. The molecule has 4 heteroatoms. The Morgan fingerprint density at radius 3 is 2.69 bits per heavy atom. The first kappa shape index (κ1) is 26.1. The molecule has 182 valence electrons. The molecule has 6 atom stereocenters. The van der Waals surface area contributed by atoms with Crippen molar-refractivity contribution in [1.29, 1.82) is 0 Å². The highest BCUT2D eigenvalue weighted by molar-refractivity contribution is 7.99. The van der Waals surface area contributed by atoms with Gasteiger partial charge in [0.05, 0.1) is 17.8 Å². The van der Waals surface area contributed by atoms with Gasteiger partial charge >= 0.3 is 0 Å². The smallest absolute Gasteiger partial charge is 0.0811 e. The number of hydrogen-bond acceptors (Lipinski definition) is 4. The quantitative estimate of drug-likeness (QED) is 0.376. The number of aliphatic hydroxyl groups is 3. The molecular weight excluding hydrogens is 416 g/mol. The first-order chi connectivity index (χ1) is 15.0. The lowest BCUT2D eigenvalue weighted by atomic mass is 9.63. The van der Waals surface area contributed by atoms with Gasteiger partial charge < -0.3 is 15.3 Å². The van der Waals surface area contributed by atoms with Crippen molar-refractivity contribution in [1.82, 2.24) is 0 Å². The zero-order valence-corrected chi connectivity index (χ0v) is 21.6. The molecule has 0 aromatic rings. The van der Waals surface area contributed by atoms with Gasteiger partial charge in [0.1, 0.15) is 0 Å². The molecule has 0 bridgehead atoms. The molecule has 0 spiro atoms. The third kappa shape index (κ3) is 6.31. The first-order valence-corrected chi connectivity index (χ1v) is 13.8. The van der Waals surface area contributed by atoms with Crippen molar-refractivity contribution < 1.29 is 15.3 Å². The Bertz CT molecular complexity index is 719. The highest BCUT2D eigenvalue weighted by Gasteiger charge is 2.50. The van der Waals surface area contributed by atoms with E-state index in [1.54, 1.807) is 5.57 Å². The van der Waals surface area contributed by atoms with Crippen LogP contribution in [0.1, 0.15) is 91.9 Å². The zero-order chi connectivity index (χ0) is 23.5. The van der Waals surface area contributed by atoms with Gasteiger partial charge in [0.25, 0.3) is 0 Å². The molecule has 0 heterocycles. The molecule has 0 unspecified atom stereocenters. The maximum absolute atomic E-state index is 10.2. The minimum atomic E-state index is -0.614. The molecule has 32 heavy (non-hydrogen) atoms. The normalized spacial score (nSPS) is 37.2. The second-order valence-electron chi connectivity index (χ2n) is 11.5. The second-order valence-corrected chi connectivity index (χ2v) is 13.0. The van der Waals surface area contributed by atoms with Gasteiger partial charge in [-0.15, -0.1) is 0 Å². The van der Waals surface area contributed by atoms with Gasteiger partial charge in [0.2, 0.25) is 0 Å². The molecule has 3 fully saturated rings. The van der Waals surface area contributed by atoms with E-state index >= 15 is 0 Å². The summed E-state index contributed by atoms with van der Waals surface area (Å²) in [6.07, 6.45) is 13.9. The molecule has 3 aliphatic rings. The van der Waals surface area contributed by atoms with Crippen molar-refractivity contribution in [2.75, 3.05) is 5.75 Å². The summed E-state index contributed by atoms with van der Waals surface area (Å²) in [4.78, 5) is 0. The third-order valence-corrected chi connectivity index (χ3v) is 9.81. The monoisotopic (exact) mass is 462 g/mol. The average molecular weight is 463 g/mol. The summed E-state index contributed by atoms with van der Waals surface area (Å²) in [6.45, 7) is 12.9. The van der Waals surface area contributed by atoms with Crippen LogP contribution in [0, 0.1) is 17.3 Å². The Morgan fingerprint density at radius 1 is 1.22 bits per heavy atom. The highest BCUT2D eigenvalue weighted by atomic mass is 32.2. The molecule has 3 N–H and O–H groups in total. The number of allylic oxidation sites excluding steroid dienone is 3. The van der Waals surface area contributed by atoms with Crippen LogP contribution in [0.2, 0.25) is 0 Å². The molecule has 0 aromatic carbocycles. The largest absolute Gasteiger partial charge is 0.393 e. The van der Waals surface area contributed by atoms with Crippen LogP contribution in [0.4, 0.5) is 0 Å². The Labute approximate surface area is 200 Å². The van der Waals surface area contributed by atoms with Gasteiger partial charge in [0.15, 0.2) is 0 Å². The topological polar surface area (TPSA) is 60.7 Å². The average Bonchev–Trinajstić information content (AvgIpc) is 3.06. The fourth-order valence-electron chi connectivity index (χ4n) is 6.56. The maximum Gasteiger partial charge on any atom is 0.0811 e. The lowest BCUT2D eigenvalue weighted by molar-refractivity contribution is 0.0687. The summed E-state index contributed by atoms with van der Waals surface area (Å²) in [5, 5.41) is 30.8. The molecule has 0 saturated heterocycles. The van der Waals surface area contributed by atoms with E-state index in [2.05, 4.69) is 44.3 Å². The second kappa shape index (κ2) is 10.8. The van der Waals surface area contributed by atoms with Crippen molar-refractivity contribution in [2.45, 2.75) is 115 Å². The number of fused-ring (bicyclic) bond motifs is 1. The minimum Gasteiger partial charge on any atom is -0.393 e. The fraction of sp³-hybridized carbons (Fsp3) is 0.786. The minimum absolute atomic E-state index is 0.380. The summed E-state index contributed by atoms with van der Waals surface area (Å²) in [5.41, 5.74) is 3.21. The van der Waals surface area contributed by atoms with Crippen molar-refractivity contribution in [3.63, 3.8) is 0 Å². The highest BCUT2D eigenvalue weighted by Crippen LogP contribution is 2.59. The van der Waals surface area contributed by atoms with E-state index in [0.29, 0.717) is 29.4 Å². The van der Waals surface area contributed by atoms with Crippen LogP contribution < -0.4 is 0 Å². The van der Waals surface area contributed by atoms with E-state index in [1.807, 2.05) is 13.8 Å². The van der Waals surface area contributed by atoms with Crippen LogP contribution in [0.5, 0.6) is 0 Å². The number of aliphatic hydroxyl groups excluding tert-OH is 2. The maximum atomic E-state index is 10.2. The van der Waals surface area contributed by atoms with Gasteiger partial charge in [-0.1, -0.05) is 38.2 Å². The van der Waals surface area contributed by atoms with Crippen molar-refractivity contribution in [3.05, 3.63) is 35.5 Å². The number of thioether (sulfide) groups is 1. The summed E-state index contributed by atoms with van der Waals surface area (Å²) >= 11 is 2.14. The van der Waals surface area contributed by atoms with Crippen LogP contribution in [-0.4, -0.2) is 44.1 Å². The van der Waals surface area contributed by atoms with E-state index in [-0.39, 0.29) is 0 Å². The molecule has 3 nitrogen and oxygen atoms in total. The zero-order valence-electron chi connectivity index (χ0n) is 20.8. The molecule has 3 saturated carbocycles. The Hall–Kier alpha value is -0.550. The SMILES string of the molecule is C=C1/C(=C/C=C2\CCC[C@]3(C)[C@@H]([C@@H](C)SCCCCC(C)(C)O)CC[C@@H]23)C[C@@H](O)C[C@@H]1O. The van der Waals surface area contributed by atoms with Crippen molar-refractivity contribution >= 4 is 11.8 Å².